The van der Waals surface area contributed by atoms with E-state index in [1.165, 1.54) is 24.1 Å². The number of benzene rings is 3. The summed E-state index contributed by atoms with van der Waals surface area (Å²) in [7, 11) is 0. The number of anilines is 1. The second-order valence-corrected chi connectivity index (χ2v) is 11.5. The number of piperazine rings is 1. The highest BCUT2D eigenvalue weighted by molar-refractivity contribution is 5.86. The molecule has 0 saturated carbocycles. The van der Waals surface area contributed by atoms with E-state index in [9.17, 15) is 10.2 Å². The van der Waals surface area contributed by atoms with Crippen molar-refractivity contribution in [1.82, 2.24) is 9.80 Å². The highest BCUT2D eigenvalue weighted by Gasteiger charge is 2.22. The van der Waals surface area contributed by atoms with Crippen molar-refractivity contribution in [2.75, 3.05) is 51.6 Å². The Bertz CT molecular complexity index is 1260. The van der Waals surface area contributed by atoms with Gasteiger partial charge in [0.25, 0.3) is 0 Å². The first-order valence-corrected chi connectivity index (χ1v) is 14.5. The number of aryl methyl sites for hydroxylation is 1. The van der Waals surface area contributed by atoms with Crippen LogP contribution in [0.3, 0.4) is 0 Å². The third kappa shape index (κ3) is 6.51. The first kappa shape index (κ1) is 27.4. The summed E-state index contributed by atoms with van der Waals surface area (Å²) in [5.74, 6) is 1.99. The van der Waals surface area contributed by atoms with Crippen molar-refractivity contribution in [3.05, 3.63) is 70.8 Å². The molecule has 1 aliphatic carbocycles. The van der Waals surface area contributed by atoms with Gasteiger partial charge in [-0.25, -0.2) is 0 Å². The van der Waals surface area contributed by atoms with Crippen molar-refractivity contribution < 1.29 is 14.9 Å². The summed E-state index contributed by atoms with van der Waals surface area (Å²) in [6, 6.07) is 15.4. The Morgan fingerprint density at radius 2 is 1.54 bits per heavy atom. The lowest BCUT2D eigenvalue weighted by Gasteiger charge is -2.35. The molecule has 2 aliphatic rings. The van der Waals surface area contributed by atoms with Gasteiger partial charge in [-0.15, -0.1) is 0 Å². The van der Waals surface area contributed by atoms with Crippen LogP contribution in [0, 0.1) is 5.92 Å². The van der Waals surface area contributed by atoms with E-state index in [4.69, 9.17) is 10.5 Å². The molecule has 4 N–H and O–H groups in total. The first-order valence-electron chi connectivity index (χ1n) is 14.5. The lowest BCUT2D eigenvalue weighted by molar-refractivity contribution is 0.109. The fraction of sp³-hybridized carbons (Fsp3) is 0.455. The smallest absolute Gasteiger partial charge is 0.123 e. The number of nitrogen functional groups attached to an aromatic ring is 1. The van der Waals surface area contributed by atoms with Gasteiger partial charge < -0.3 is 25.6 Å². The van der Waals surface area contributed by atoms with Gasteiger partial charge in [0, 0.05) is 68.1 Å². The highest BCUT2D eigenvalue weighted by atomic mass is 16.5. The van der Waals surface area contributed by atoms with E-state index in [1.54, 1.807) is 12.1 Å². The van der Waals surface area contributed by atoms with Gasteiger partial charge in [-0.1, -0.05) is 32.0 Å². The average molecular weight is 530 g/mol. The molecule has 0 aromatic heterocycles. The summed E-state index contributed by atoms with van der Waals surface area (Å²) in [6.07, 6.45) is 4.74. The third-order valence-electron chi connectivity index (χ3n) is 8.18. The Kier molecular flexibility index (Phi) is 8.63. The van der Waals surface area contributed by atoms with Gasteiger partial charge in [0.15, 0.2) is 0 Å². The molecule has 0 bridgehead atoms. The highest BCUT2D eigenvalue weighted by Crippen LogP contribution is 2.43. The molecule has 1 saturated heterocycles. The van der Waals surface area contributed by atoms with E-state index in [1.807, 2.05) is 36.4 Å². The molecule has 3 aromatic rings. The van der Waals surface area contributed by atoms with Crippen LogP contribution in [0.4, 0.5) is 5.69 Å². The predicted octanol–water partition coefficient (Wildman–Crippen LogP) is 5.47. The maximum Gasteiger partial charge on any atom is 0.123 e. The van der Waals surface area contributed by atoms with Crippen LogP contribution < -0.4 is 10.5 Å². The number of aromatic hydroxyl groups is 2. The lowest BCUT2D eigenvalue weighted by Crippen LogP contribution is -2.48. The number of phenolic OH excluding ortho intramolecular Hbond substituents is 2. The van der Waals surface area contributed by atoms with Gasteiger partial charge in [-0.05, 0) is 78.6 Å². The quantitative estimate of drug-likeness (QED) is 0.319. The summed E-state index contributed by atoms with van der Waals surface area (Å²) in [5.41, 5.74) is 13.0. The van der Waals surface area contributed by atoms with Gasteiger partial charge in [-0.2, -0.15) is 0 Å². The van der Waals surface area contributed by atoms with Crippen molar-refractivity contribution in [3.8, 4) is 28.4 Å². The summed E-state index contributed by atoms with van der Waals surface area (Å²) < 4.78 is 6.04. The molecular formula is C33H43N3O3. The Morgan fingerprint density at radius 3 is 2.28 bits per heavy atom. The number of nitrogens with two attached hydrogens (primary N) is 1. The number of nitrogens with zero attached hydrogens (tertiary/aromatic N) is 2. The monoisotopic (exact) mass is 529 g/mol. The van der Waals surface area contributed by atoms with Crippen LogP contribution >= 0.6 is 0 Å². The zero-order chi connectivity index (χ0) is 27.4. The Morgan fingerprint density at radius 1 is 0.846 bits per heavy atom. The van der Waals surface area contributed by atoms with Crippen LogP contribution in [0.1, 0.15) is 48.9 Å². The molecule has 39 heavy (non-hydrogen) atoms. The number of hydrogen-bond donors (Lipinski definition) is 3. The van der Waals surface area contributed by atoms with Gasteiger partial charge >= 0.3 is 0 Å². The Hall–Kier alpha value is -3.22. The van der Waals surface area contributed by atoms with Crippen LogP contribution in [0.25, 0.3) is 11.1 Å². The molecule has 3 aromatic carbocycles. The van der Waals surface area contributed by atoms with E-state index in [0.717, 1.165) is 80.3 Å². The Balaban J connectivity index is 1.22. The molecule has 0 spiro atoms. The standard InChI is InChI=1S/C33H43N3O3/c1-23(2)22-36-17-15-35(16-18-36)19-20-39-26-10-7-24(8-11-26)21-29-30(37)14-12-28(33(29)34)32-27-6-4-3-5-25(27)9-13-31(32)38/h7-14,23,37-38H,3-6,15-22,34H2,1-2H3. The molecule has 6 heteroatoms. The molecule has 1 aliphatic heterocycles. The molecule has 0 atom stereocenters. The lowest BCUT2D eigenvalue weighted by atomic mass is 9.84. The topological polar surface area (TPSA) is 82.2 Å². The molecule has 1 heterocycles. The number of hydrogen-bond acceptors (Lipinski definition) is 6. The first-order chi connectivity index (χ1) is 18.9. The van der Waals surface area contributed by atoms with E-state index in [0.29, 0.717) is 24.3 Å². The van der Waals surface area contributed by atoms with Crippen molar-refractivity contribution in [3.63, 3.8) is 0 Å². The molecule has 208 valence electrons. The normalized spacial score (nSPS) is 16.4. The van der Waals surface area contributed by atoms with Crippen molar-refractivity contribution >= 4 is 5.69 Å². The minimum atomic E-state index is 0.175. The minimum Gasteiger partial charge on any atom is -0.508 e. The second-order valence-electron chi connectivity index (χ2n) is 11.5. The zero-order valence-corrected chi connectivity index (χ0v) is 23.5. The van der Waals surface area contributed by atoms with Gasteiger partial charge in [0.2, 0.25) is 0 Å². The van der Waals surface area contributed by atoms with E-state index >= 15 is 0 Å². The average Bonchev–Trinajstić information content (AvgIpc) is 2.93. The van der Waals surface area contributed by atoms with Crippen molar-refractivity contribution in [2.24, 2.45) is 5.92 Å². The number of phenols is 2. The van der Waals surface area contributed by atoms with Gasteiger partial charge in [0.1, 0.15) is 23.9 Å². The molecule has 0 amide bonds. The molecule has 0 unspecified atom stereocenters. The number of fused-ring (bicyclic) bond motifs is 1. The Labute approximate surface area is 233 Å². The zero-order valence-electron chi connectivity index (χ0n) is 23.5. The number of rotatable bonds is 9. The van der Waals surface area contributed by atoms with Gasteiger partial charge in [0.05, 0.1) is 0 Å². The van der Waals surface area contributed by atoms with Gasteiger partial charge in [-0.3, -0.25) is 4.90 Å². The fourth-order valence-corrected chi connectivity index (χ4v) is 6.09. The van der Waals surface area contributed by atoms with E-state index in [-0.39, 0.29) is 11.5 Å². The van der Waals surface area contributed by atoms with Crippen molar-refractivity contribution in [1.29, 1.82) is 0 Å². The maximum atomic E-state index is 10.8. The molecular weight excluding hydrogens is 486 g/mol. The summed E-state index contributed by atoms with van der Waals surface area (Å²) in [5, 5.41) is 21.5. The van der Waals surface area contributed by atoms with Crippen molar-refractivity contribution in [2.45, 2.75) is 46.0 Å². The molecule has 1 fully saturated rings. The summed E-state index contributed by atoms with van der Waals surface area (Å²) >= 11 is 0. The largest absolute Gasteiger partial charge is 0.508 e. The van der Waals surface area contributed by atoms with Crippen LogP contribution in [-0.4, -0.2) is 65.9 Å². The molecule has 6 nitrogen and oxygen atoms in total. The summed E-state index contributed by atoms with van der Waals surface area (Å²) in [4.78, 5) is 5.03. The maximum absolute atomic E-state index is 10.8. The molecule has 5 rings (SSSR count). The molecule has 0 radical (unpaired) electrons. The van der Waals surface area contributed by atoms with Crippen LogP contribution in [0.15, 0.2) is 48.5 Å². The van der Waals surface area contributed by atoms with Crippen LogP contribution in [0.5, 0.6) is 17.2 Å². The minimum absolute atomic E-state index is 0.175. The van der Waals surface area contributed by atoms with E-state index in [2.05, 4.69) is 23.6 Å². The third-order valence-corrected chi connectivity index (χ3v) is 8.18. The van der Waals surface area contributed by atoms with Crippen LogP contribution in [0.2, 0.25) is 0 Å². The summed E-state index contributed by atoms with van der Waals surface area (Å²) in [6.45, 7) is 11.8. The second kappa shape index (κ2) is 12.3. The SMILES string of the molecule is CC(C)CN1CCN(CCOc2ccc(Cc3c(O)ccc(-c4c(O)ccc5c4CCCC5)c3N)cc2)CC1. The fourth-order valence-electron chi connectivity index (χ4n) is 6.09. The number of ether oxygens (including phenoxy) is 1. The van der Waals surface area contributed by atoms with Crippen LogP contribution in [-0.2, 0) is 19.3 Å². The predicted molar refractivity (Wildman–Crippen MR) is 159 cm³/mol. The van der Waals surface area contributed by atoms with E-state index < -0.39 is 0 Å².